The summed E-state index contributed by atoms with van der Waals surface area (Å²) in [6, 6.07) is 6.40. The number of nitrogens with zero attached hydrogens (tertiary/aromatic N) is 2. The van der Waals surface area contributed by atoms with Crippen LogP contribution in [0.2, 0.25) is 5.15 Å². The lowest BCUT2D eigenvalue weighted by Crippen LogP contribution is -2.09. The fourth-order valence-electron chi connectivity index (χ4n) is 1.80. The van der Waals surface area contributed by atoms with Crippen LogP contribution in [0, 0.1) is 13.8 Å². The standard InChI is InChI=1S/C13H14Cl2N2S/c1-8-4-9(2)6-10(5-8)17(3)13-16-12(15)11(7-14)18-13/h4-6H,7H2,1-3H3. The van der Waals surface area contributed by atoms with E-state index in [0.717, 1.165) is 15.7 Å². The quantitative estimate of drug-likeness (QED) is 0.748. The van der Waals surface area contributed by atoms with Crippen LogP contribution in [0.3, 0.4) is 0 Å². The van der Waals surface area contributed by atoms with Gasteiger partial charge in [0.25, 0.3) is 0 Å². The number of aromatic nitrogens is 1. The molecule has 0 atom stereocenters. The van der Waals surface area contributed by atoms with Crippen molar-refractivity contribution in [2.24, 2.45) is 0 Å². The Balaban J connectivity index is 2.37. The molecule has 96 valence electrons. The van der Waals surface area contributed by atoms with E-state index >= 15 is 0 Å². The zero-order chi connectivity index (χ0) is 13.3. The third kappa shape index (κ3) is 2.79. The SMILES string of the molecule is Cc1cc(C)cc(N(C)c2nc(Cl)c(CCl)s2)c1. The van der Waals surface area contributed by atoms with Crippen molar-refractivity contribution in [2.75, 3.05) is 11.9 Å². The molecule has 0 fully saturated rings. The van der Waals surface area contributed by atoms with E-state index in [1.807, 2.05) is 11.9 Å². The van der Waals surface area contributed by atoms with Crippen LogP contribution < -0.4 is 4.90 Å². The smallest absolute Gasteiger partial charge is 0.191 e. The maximum absolute atomic E-state index is 6.03. The number of thiazole rings is 1. The molecule has 0 saturated carbocycles. The summed E-state index contributed by atoms with van der Waals surface area (Å²) in [6.07, 6.45) is 0. The predicted molar refractivity (Wildman–Crippen MR) is 80.7 cm³/mol. The number of rotatable bonds is 3. The van der Waals surface area contributed by atoms with Gasteiger partial charge in [0.1, 0.15) is 5.15 Å². The second-order valence-corrected chi connectivity index (χ2v) is 5.94. The number of aryl methyl sites for hydroxylation is 2. The molecule has 5 heteroatoms. The van der Waals surface area contributed by atoms with E-state index in [1.165, 1.54) is 22.5 Å². The molecule has 0 aliphatic carbocycles. The molecule has 0 aliphatic heterocycles. The van der Waals surface area contributed by atoms with Gasteiger partial charge in [-0.3, -0.25) is 0 Å². The summed E-state index contributed by atoms with van der Waals surface area (Å²) in [5.41, 5.74) is 3.58. The van der Waals surface area contributed by atoms with Gasteiger partial charge in [0, 0.05) is 12.7 Å². The lowest BCUT2D eigenvalue weighted by atomic mass is 10.1. The van der Waals surface area contributed by atoms with E-state index in [2.05, 4.69) is 37.0 Å². The van der Waals surface area contributed by atoms with Gasteiger partial charge in [0.15, 0.2) is 5.13 Å². The number of anilines is 2. The number of halogens is 2. The molecule has 2 rings (SSSR count). The molecule has 1 heterocycles. The zero-order valence-corrected chi connectivity index (χ0v) is 12.8. The zero-order valence-electron chi connectivity index (χ0n) is 10.5. The molecule has 0 spiro atoms. The largest absolute Gasteiger partial charge is 0.321 e. The lowest BCUT2D eigenvalue weighted by Gasteiger charge is -2.17. The van der Waals surface area contributed by atoms with Crippen LogP contribution in [0.15, 0.2) is 18.2 Å². The summed E-state index contributed by atoms with van der Waals surface area (Å²) < 4.78 is 0. The molecular weight excluding hydrogens is 287 g/mol. The fourth-order valence-corrected chi connectivity index (χ4v) is 3.26. The van der Waals surface area contributed by atoms with E-state index < -0.39 is 0 Å². The maximum Gasteiger partial charge on any atom is 0.191 e. The highest BCUT2D eigenvalue weighted by Gasteiger charge is 2.13. The predicted octanol–water partition coefficient (Wildman–Crippen LogP) is 4.92. The Morgan fingerprint density at radius 2 is 1.83 bits per heavy atom. The lowest BCUT2D eigenvalue weighted by molar-refractivity contribution is 1.16. The van der Waals surface area contributed by atoms with Crippen LogP contribution in [0.4, 0.5) is 10.8 Å². The van der Waals surface area contributed by atoms with Crippen molar-refractivity contribution < 1.29 is 0 Å². The van der Waals surface area contributed by atoms with Crippen LogP contribution in [0.1, 0.15) is 16.0 Å². The maximum atomic E-state index is 6.03. The average Bonchev–Trinajstić information content (AvgIpc) is 2.68. The first-order valence-electron chi connectivity index (χ1n) is 5.54. The van der Waals surface area contributed by atoms with Gasteiger partial charge >= 0.3 is 0 Å². The van der Waals surface area contributed by atoms with E-state index in [-0.39, 0.29) is 0 Å². The molecule has 0 unspecified atom stereocenters. The van der Waals surface area contributed by atoms with E-state index in [0.29, 0.717) is 11.0 Å². The molecule has 18 heavy (non-hydrogen) atoms. The molecule has 0 amide bonds. The summed E-state index contributed by atoms with van der Waals surface area (Å²) >= 11 is 13.4. The molecule has 1 aromatic carbocycles. The van der Waals surface area contributed by atoms with Crippen LogP contribution >= 0.6 is 34.5 Å². The summed E-state index contributed by atoms with van der Waals surface area (Å²) in [7, 11) is 1.99. The Bertz CT molecular complexity index is 546. The first-order valence-corrected chi connectivity index (χ1v) is 7.27. The monoisotopic (exact) mass is 300 g/mol. The highest BCUT2D eigenvalue weighted by Crippen LogP contribution is 2.34. The average molecular weight is 301 g/mol. The highest BCUT2D eigenvalue weighted by atomic mass is 35.5. The van der Waals surface area contributed by atoms with Crippen LogP contribution in [-0.4, -0.2) is 12.0 Å². The number of hydrogen-bond acceptors (Lipinski definition) is 3. The molecule has 2 nitrogen and oxygen atoms in total. The van der Waals surface area contributed by atoms with Crippen molar-refractivity contribution in [2.45, 2.75) is 19.7 Å². The van der Waals surface area contributed by atoms with Gasteiger partial charge < -0.3 is 4.90 Å². The fraction of sp³-hybridized carbons (Fsp3) is 0.308. The molecule has 0 radical (unpaired) electrons. The third-order valence-corrected chi connectivity index (χ3v) is 4.62. The summed E-state index contributed by atoms with van der Waals surface area (Å²) in [5.74, 6) is 0.400. The topological polar surface area (TPSA) is 16.1 Å². The van der Waals surface area contributed by atoms with Crippen molar-refractivity contribution in [3.63, 3.8) is 0 Å². The third-order valence-electron chi connectivity index (χ3n) is 2.64. The van der Waals surface area contributed by atoms with Crippen molar-refractivity contribution in [1.29, 1.82) is 0 Å². The van der Waals surface area contributed by atoms with Crippen LogP contribution in [0.25, 0.3) is 0 Å². The Morgan fingerprint density at radius 3 is 2.33 bits per heavy atom. The van der Waals surface area contributed by atoms with E-state index in [1.54, 1.807) is 0 Å². The Kier molecular flexibility index (Phi) is 4.15. The second-order valence-electron chi connectivity index (χ2n) is 4.25. The Labute approximate surface area is 121 Å². The number of benzene rings is 1. The molecule has 0 aliphatic rings. The number of hydrogen-bond donors (Lipinski definition) is 0. The van der Waals surface area contributed by atoms with Crippen molar-refractivity contribution in [3.8, 4) is 0 Å². The minimum Gasteiger partial charge on any atom is -0.321 e. The van der Waals surface area contributed by atoms with Crippen molar-refractivity contribution >= 4 is 45.4 Å². The molecule has 1 aromatic heterocycles. The Morgan fingerprint density at radius 1 is 1.22 bits per heavy atom. The van der Waals surface area contributed by atoms with Crippen LogP contribution in [0.5, 0.6) is 0 Å². The van der Waals surface area contributed by atoms with Gasteiger partial charge in [-0.05, 0) is 37.1 Å². The number of alkyl halides is 1. The molecule has 0 saturated heterocycles. The summed E-state index contributed by atoms with van der Waals surface area (Å²) in [6.45, 7) is 4.17. The normalized spacial score (nSPS) is 10.7. The second kappa shape index (κ2) is 5.47. The van der Waals surface area contributed by atoms with Crippen molar-refractivity contribution in [1.82, 2.24) is 4.98 Å². The first kappa shape index (κ1) is 13.7. The van der Waals surface area contributed by atoms with Gasteiger partial charge in [-0.15, -0.1) is 11.6 Å². The van der Waals surface area contributed by atoms with Crippen LogP contribution in [-0.2, 0) is 5.88 Å². The van der Waals surface area contributed by atoms with Gasteiger partial charge in [-0.25, -0.2) is 4.98 Å². The molecule has 0 bridgehead atoms. The highest BCUT2D eigenvalue weighted by molar-refractivity contribution is 7.16. The summed E-state index contributed by atoms with van der Waals surface area (Å²) in [4.78, 5) is 7.28. The van der Waals surface area contributed by atoms with Crippen molar-refractivity contribution in [3.05, 3.63) is 39.4 Å². The molecule has 0 N–H and O–H groups in total. The van der Waals surface area contributed by atoms with E-state index in [4.69, 9.17) is 23.2 Å². The van der Waals surface area contributed by atoms with Gasteiger partial charge in [0.05, 0.1) is 10.8 Å². The minimum absolute atomic E-state index is 0.400. The summed E-state index contributed by atoms with van der Waals surface area (Å²) in [5, 5.41) is 1.36. The van der Waals surface area contributed by atoms with Gasteiger partial charge in [0.2, 0.25) is 0 Å². The Hall–Kier alpha value is -0.770. The van der Waals surface area contributed by atoms with Gasteiger partial charge in [-0.2, -0.15) is 0 Å². The van der Waals surface area contributed by atoms with E-state index in [9.17, 15) is 0 Å². The molecular formula is C13H14Cl2N2S. The molecule has 2 aromatic rings. The minimum atomic E-state index is 0.400. The van der Waals surface area contributed by atoms with Gasteiger partial charge in [-0.1, -0.05) is 29.0 Å². The first-order chi connectivity index (χ1) is 8.51.